The second kappa shape index (κ2) is 25.0. The van der Waals surface area contributed by atoms with E-state index >= 15 is 0 Å². The molecule has 0 aromatic heterocycles. The number of phenols is 1. The van der Waals surface area contributed by atoms with Gasteiger partial charge in [0.25, 0.3) is 6.47 Å². The van der Waals surface area contributed by atoms with Gasteiger partial charge in [0.2, 0.25) is 23.6 Å². The van der Waals surface area contributed by atoms with Gasteiger partial charge in [-0.2, -0.15) is 0 Å². The van der Waals surface area contributed by atoms with Crippen LogP contribution in [0.3, 0.4) is 0 Å². The molecule has 0 bridgehead atoms. The summed E-state index contributed by atoms with van der Waals surface area (Å²) >= 11 is 0. The monoisotopic (exact) mass is 683 g/mol. The normalized spacial score (nSPS) is 18.2. The number of likely N-dealkylation sites (tertiary alicyclic amines) is 1. The molecular formula is C33H53N3O12. The number of carbonyl (C=O) groups is 6. The van der Waals surface area contributed by atoms with Gasteiger partial charge >= 0.3 is 5.97 Å². The zero-order valence-electron chi connectivity index (χ0n) is 28.6. The lowest BCUT2D eigenvalue weighted by Gasteiger charge is -2.21. The number of phenolic OH excluding ortho intramolecular Hbond substituents is 1. The van der Waals surface area contributed by atoms with Crippen LogP contribution in [0.5, 0.6) is 5.75 Å². The van der Waals surface area contributed by atoms with Crippen LogP contribution >= 0.6 is 0 Å². The van der Waals surface area contributed by atoms with Crippen molar-refractivity contribution in [1.29, 1.82) is 0 Å². The summed E-state index contributed by atoms with van der Waals surface area (Å²) < 4.78 is 9.70. The number of carboxylic acid groups (broad SMARTS) is 1. The first kappa shape index (κ1) is 43.9. The lowest BCUT2D eigenvalue weighted by molar-refractivity contribution is -0.142. The number of aliphatic hydroxyl groups excluding tert-OH is 2. The van der Waals surface area contributed by atoms with Crippen molar-refractivity contribution in [2.24, 2.45) is 11.8 Å². The highest BCUT2D eigenvalue weighted by atomic mass is 16.5. The number of amides is 4. The molecular weight excluding hydrogens is 630 g/mol. The number of unbranched alkanes of at least 4 members (excludes halogenated alkanes) is 2. The van der Waals surface area contributed by atoms with Crippen LogP contribution in [0.1, 0.15) is 85.1 Å². The van der Waals surface area contributed by atoms with Crippen molar-refractivity contribution in [3.05, 3.63) is 23.8 Å². The van der Waals surface area contributed by atoms with Gasteiger partial charge in [-0.1, -0.05) is 40.2 Å². The third kappa shape index (κ3) is 18.3. The summed E-state index contributed by atoms with van der Waals surface area (Å²) in [4.78, 5) is 69.1. The number of aliphatic hydroxyl groups is 2. The third-order valence-corrected chi connectivity index (χ3v) is 6.99. The quantitative estimate of drug-likeness (QED) is 0.0579. The van der Waals surface area contributed by atoms with Gasteiger partial charge < -0.3 is 40.5 Å². The van der Waals surface area contributed by atoms with Crippen molar-refractivity contribution < 1.29 is 58.7 Å². The molecule has 0 radical (unpaired) electrons. The Morgan fingerprint density at radius 3 is 2.19 bits per heavy atom. The van der Waals surface area contributed by atoms with E-state index in [0.29, 0.717) is 51.0 Å². The van der Waals surface area contributed by atoms with Crippen molar-refractivity contribution in [3.63, 3.8) is 0 Å². The number of carbonyl (C=O) groups excluding carboxylic acids is 5. The highest BCUT2D eigenvalue weighted by Gasteiger charge is 2.39. The van der Waals surface area contributed by atoms with E-state index in [2.05, 4.69) is 10.6 Å². The molecule has 272 valence electrons. The van der Waals surface area contributed by atoms with Crippen LogP contribution in [0, 0.1) is 11.8 Å². The number of rotatable bonds is 13. The first-order valence-corrected chi connectivity index (χ1v) is 16.2. The molecule has 2 saturated heterocycles. The van der Waals surface area contributed by atoms with Crippen LogP contribution in [-0.4, -0.2) is 99.9 Å². The van der Waals surface area contributed by atoms with E-state index < -0.39 is 18.2 Å². The number of imide groups is 1. The Hall–Kier alpha value is -4.08. The summed E-state index contributed by atoms with van der Waals surface area (Å²) in [6.07, 6.45) is 2.11. The molecule has 15 heteroatoms. The van der Waals surface area contributed by atoms with E-state index in [1.807, 2.05) is 27.7 Å². The average molecular weight is 684 g/mol. The molecule has 48 heavy (non-hydrogen) atoms. The van der Waals surface area contributed by atoms with Crippen LogP contribution in [0.15, 0.2) is 18.2 Å². The second-order valence-electron chi connectivity index (χ2n) is 11.2. The van der Waals surface area contributed by atoms with Crippen molar-refractivity contribution in [2.45, 2.75) is 98.4 Å². The Kier molecular flexibility index (Phi) is 22.9. The van der Waals surface area contributed by atoms with E-state index in [1.165, 1.54) is 24.0 Å². The maximum absolute atomic E-state index is 12.3. The molecule has 0 saturated carbocycles. The zero-order chi connectivity index (χ0) is 36.6. The van der Waals surface area contributed by atoms with Crippen LogP contribution in [0.2, 0.25) is 0 Å². The van der Waals surface area contributed by atoms with E-state index in [-0.39, 0.29) is 85.8 Å². The summed E-state index contributed by atoms with van der Waals surface area (Å²) in [5, 5.41) is 39.7. The predicted octanol–water partition coefficient (Wildman–Crippen LogP) is 2.35. The molecule has 2 aliphatic heterocycles. The minimum absolute atomic E-state index is 0.0234. The lowest BCUT2D eigenvalue weighted by atomic mass is 9.94. The maximum Gasteiger partial charge on any atom is 0.302 e. The molecule has 3 unspecified atom stereocenters. The number of hydrogen-bond donors (Lipinski definition) is 6. The van der Waals surface area contributed by atoms with Crippen LogP contribution in [-0.2, 0) is 44.8 Å². The fourth-order valence-corrected chi connectivity index (χ4v) is 4.56. The minimum Gasteiger partial charge on any atom is -0.506 e. The highest BCUT2D eigenvalue weighted by Crippen LogP contribution is 2.27. The molecule has 0 spiro atoms. The zero-order valence-corrected chi connectivity index (χ0v) is 28.6. The average Bonchev–Trinajstić information content (AvgIpc) is 3.31. The van der Waals surface area contributed by atoms with E-state index in [4.69, 9.17) is 29.6 Å². The summed E-state index contributed by atoms with van der Waals surface area (Å²) in [5.41, 5.74) is 0.806. The van der Waals surface area contributed by atoms with Crippen LogP contribution in [0.4, 0.5) is 5.69 Å². The molecule has 3 atom stereocenters. The van der Waals surface area contributed by atoms with Gasteiger partial charge in [-0.15, -0.1) is 0 Å². The largest absolute Gasteiger partial charge is 0.506 e. The van der Waals surface area contributed by atoms with Crippen LogP contribution in [0.25, 0.3) is 0 Å². The number of nitrogens with one attached hydrogen (secondary N) is 2. The summed E-state index contributed by atoms with van der Waals surface area (Å²) in [6, 6.07) is 4.49. The third-order valence-electron chi connectivity index (χ3n) is 6.99. The molecule has 15 nitrogen and oxygen atoms in total. The smallest absolute Gasteiger partial charge is 0.302 e. The topological polar surface area (TPSA) is 229 Å². The van der Waals surface area contributed by atoms with Crippen molar-refractivity contribution in [2.75, 3.05) is 31.6 Å². The standard InChI is InChI=1S/C25H35N3O7.C5H10O3.C2H6.CH2O2/c1-16(2)19-14-24(33)28(25(19)34)12-6-4-5-7-22(31)26-11-10-23(32)27-20-13-18(8-9-21(20)30)15-35-17(3)29;6-4-1-5(7)3-8-2-4;1-2;2-1-3/h8-9,13,16,19,30H,4-7,10-12,14-15H2,1-3H3,(H,26,31)(H,27,32);4-7H,1-3H2;1-2H3;1H,(H,2,3). The maximum atomic E-state index is 12.3. The molecule has 2 aliphatic rings. The SMILES string of the molecule is CC.CC(=O)OCc1ccc(O)c(NC(=O)CCNC(=O)CCCCCN2C(=O)CC(C(C)C)C2=O)c1.O=CO.OC1COCC(O)C1. The second-order valence-corrected chi connectivity index (χ2v) is 11.2. The summed E-state index contributed by atoms with van der Waals surface area (Å²) in [5.74, 6) is -1.41. The number of hydrogen-bond acceptors (Lipinski definition) is 11. The lowest BCUT2D eigenvalue weighted by Crippen LogP contribution is -2.32. The molecule has 1 aromatic rings. The molecule has 2 fully saturated rings. The Balaban J connectivity index is 0.00000143. The summed E-state index contributed by atoms with van der Waals surface area (Å²) in [7, 11) is 0. The number of anilines is 1. The minimum atomic E-state index is -0.459. The van der Waals surface area contributed by atoms with Gasteiger partial charge in [-0.05, 0) is 36.5 Å². The molecule has 6 N–H and O–H groups in total. The predicted molar refractivity (Wildman–Crippen MR) is 175 cm³/mol. The van der Waals surface area contributed by atoms with Gasteiger partial charge in [0.1, 0.15) is 12.4 Å². The fraction of sp³-hybridized carbons (Fsp3) is 0.636. The Bertz CT molecular complexity index is 1150. The first-order valence-electron chi connectivity index (χ1n) is 16.2. The highest BCUT2D eigenvalue weighted by molar-refractivity contribution is 6.03. The number of nitrogens with zero attached hydrogens (tertiary/aromatic N) is 1. The molecule has 4 amide bonds. The number of ether oxygens (including phenoxy) is 2. The molecule has 2 heterocycles. The Labute approximate surface area is 282 Å². The fourth-order valence-electron chi connectivity index (χ4n) is 4.56. The molecule has 3 rings (SSSR count). The molecule has 1 aromatic carbocycles. The molecule has 0 aliphatic carbocycles. The number of benzene rings is 1. The van der Waals surface area contributed by atoms with Gasteiger partial charge in [-0.3, -0.25) is 33.7 Å². The van der Waals surface area contributed by atoms with Gasteiger partial charge in [0, 0.05) is 51.6 Å². The Morgan fingerprint density at radius 1 is 1.04 bits per heavy atom. The number of esters is 1. The summed E-state index contributed by atoms with van der Waals surface area (Å²) in [6.45, 7) is 10.2. The van der Waals surface area contributed by atoms with Crippen LogP contribution < -0.4 is 10.6 Å². The van der Waals surface area contributed by atoms with E-state index in [1.54, 1.807) is 6.07 Å². The van der Waals surface area contributed by atoms with Gasteiger partial charge in [-0.25, -0.2) is 0 Å². The van der Waals surface area contributed by atoms with Crippen molar-refractivity contribution in [1.82, 2.24) is 10.2 Å². The van der Waals surface area contributed by atoms with Gasteiger partial charge in [0.15, 0.2) is 0 Å². The Morgan fingerprint density at radius 2 is 1.67 bits per heavy atom. The number of aromatic hydroxyl groups is 1. The van der Waals surface area contributed by atoms with Crippen molar-refractivity contribution >= 4 is 41.8 Å². The van der Waals surface area contributed by atoms with Gasteiger partial charge in [0.05, 0.1) is 31.1 Å². The van der Waals surface area contributed by atoms with E-state index in [9.17, 15) is 29.1 Å². The van der Waals surface area contributed by atoms with E-state index in [0.717, 1.165) is 0 Å². The van der Waals surface area contributed by atoms with Crippen molar-refractivity contribution in [3.8, 4) is 5.75 Å². The first-order chi connectivity index (χ1) is 22.8.